The standard InChI is InChI=1S/C18H34N/c1-3-5-7-9-10-12-16-19(17-13-14-18-19)15-11-8-6-4-2/h13-14,17-18H,3-12,15-16H2,1-2H3/q+1. The Morgan fingerprint density at radius 1 is 0.579 bits per heavy atom. The highest BCUT2D eigenvalue weighted by molar-refractivity contribution is 5.03. The predicted octanol–water partition coefficient (Wildman–Crippen LogP) is 5.79. The summed E-state index contributed by atoms with van der Waals surface area (Å²) in [4.78, 5) is 0. The van der Waals surface area contributed by atoms with Crippen molar-refractivity contribution >= 4 is 0 Å². The number of hydrogen-bond acceptors (Lipinski definition) is 0. The van der Waals surface area contributed by atoms with Gasteiger partial charge in [0, 0.05) is 0 Å². The first kappa shape index (κ1) is 16.5. The van der Waals surface area contributed by atoms with Gasteiger partial charge in [-0.1, -0.05) is 52.4 Å². The fraction of sp³-hybridized carbons (Fsp3) is 0.778. The van der Waals surface area contributed by atoms with Gasteiger partial charge >= 0.3 is 0 Å². The molecule has 1 aliphatic heterocycles. The van der Waals surface area contributed by atoms with E-state index in [2.05, 4.69) is 38.4 Å². The molecule has 1 aliphatic rings. The van der Waals surface area contributed by atoms with Crippen LogP contribution in [-0.4, -0.2) is 17.6 Å². The third-order valence-electron chi connectivity index (χ3n) is 4.23. The smallest absolute Gasteiger partial charge is 0.101 e. The van der Waals surface area contributed by atoms with E-state index in [0.29, 0.717) is 0 Å². The van der Waals surface area contributed by atoms with Crippen LogP contribution in [0.1, 0.15) is 78.1 Å². The highest BCUT2D eigenvalue weighted by atomic mass is 15.3. The first-order chi connectivity index (χ1) is 9.33. The Balaban J connectivity index is 2.17. The van der Waals surface area contributed by atoms with E-state index in [1.165, 1.54) is 77.3 Å². The summed E-state index contributed by atoms with van der Waals surface area (Å²) in [5, 5.41) is 0. The Bertz CT molecular complexity index is 253. The first-order valence-electron chi connectivity index (χ1n) is 8.56. The molecule has 0 aromatic rings. The van der Waals surface area contributed by atoms with Gasteiger partial charge < -0.3 is 0 Å². The molecule has 0 aromatic heterocycles. The van der Waals surface area contributed by atoms with E-state index >= 15 is 0 Å². The zero-order chi connectivity index (χ0) is 13.8. The Morgan fingerprint density at radius 2 is 1.00 bits per heavy atom. The highest BCUT2D eigenvalue weighted by Gasteiger charge is 2.23. The third kappa shape index (κ3) is 6.96. The topological polar surface area (TPSA) is 0 Å². The summed E-state index contributed by atoms with van der Waals surface area (Å²) in [6.45, 7) is 7.19. The molecule has 0 fully saturated rings. The van der Waals surface area contributed by atoms with E-state index < -0.39 is 0 Å². The van der Waals surface area contributed by atoms with Gasteiger partial charge in [0.2, 0.25) is 0 Å². The Hall–Kier alpha value is -0.560. The summed E-state index contributed by atoms with van der Waals surface area (Å²) in [5.41, 5.74) is 0. The van der Waals surface area contributed by atoms with Gasteiger partial charge in [0.15, 0.2) is 0 Å². The minimum absolute atomic E-state index is 1.12. The fourth-order valence-corrected chi connectivity index (χ4v) is 2.92. The van der Waals surface area contributed by atoms with Crippen LogP contribution in [0.2, 0.25) is 0 Å². The van der Waals surface area contributed by atoms with Crippen LogP contribution in [0.5, 0.6) is 0 Å². The molecule has 0 atom stereocenters. The predicted molar refractivity (Wildman–Crippen MR) is 85.8 cm³/mol. The fourth-order valence-electron chi connectivity index (χ4n) is 2.92. The van der Waals surface area contributed by atoms with Gasteiger partial charge in [-0.25, -0.2) is 0 Å². The zero-order valence-electron chi connectivity index (χ0n) is 13.2. The molecule has 0 unspecified atom stereocenters. The second-order valence-corrected chi connectivity index (χ2v) is 6.06. The van der Waals surface area contributed by atoms with Crippen molar-refractivity contribution in [1.29, 1.82) is 0 Å². The summed E-state index contributed by atoms with van der Waals surface area (Å²) in [6.07, 6.45) is 23.2. The lowest BCUT2D eigenvalue weighted by Crippen LogP contribution is -2.37. The number of quaternary nitrogens is 1. The summed E-state index contributed by atoms with van der Waals surface area (Å²) in [6, 6.07) is 0. The van der Waals surface area contributed by atoms with Gasteiger partial charge in [0.25, 0.3) is 0 Å². The monoisotopic (exact) mass is 264 g/mol. The number of unbranched alkanes of at least 4 members (excludes halogenated alkanes) is 8. The first-order valence-corrected chi connectivity index (χ1v) is 8.56. The van der Waals surface area contributed by atoms with Crippen molar-refractivity contribution in [3.63, 3.8) is 0 Å². The van der Waals surface area contributed by atoms with Crippen LogP contribution in [0, 0.1) is 0 Å². The molecule has 0 radical (unpaired) electrons. The highest BCUT2D eigenvalue weighted by Crippen LogP contribution is 2.20. The van der Waals surface area contributed by atoms with E-state index in [1.807, 2.05) is 0 Å². The second kappa shape index (κ2) is 10.3. The molecule has 0 saturated heterocycles. The molecule has 0 aliphatic carbocycles. The van der Waals surface area contributed by atoms with Crippen LogP contribution in [0.3, 0.4) is 0 Å². The van der Waals surface area contributed by atoms with Crippen molar-refractivity contribution in [2.24, 2.45) is 0 Å². The van der Waals surface area contributed by atoms with Gasteiger partial charge in [-0.2, -0.15) is 0 Å². The lowest BCUT2D eigenvalue weighted by molar-refractivity contribution is -0.826. The van der Waals surface area contributed by atoms with Crippen LogP contribution < -0.4 is 0 Å². The number of allylic oxidation sites excluding steroid dienone is 2. The molecule has 0 spiro atoms. The molecular formula is C18H34N+. The Kier molecular flexibility index (Phi) is 8.90. The quantitative estimate of drug-likeness (QED) is 0.309. The van der Waals surface area contributed by atoms with Crippen LogP contribution in [0.25, 0.3) is 0 Å². The molecule has 0 aromatic carbocycles. The Labute approximate surface area is 121 Å². The van der Waals surface area contributed by atoms with Crippen molar-refractivity contribution in [3.05, 3.63) is 24.6 Å². The van der Waals surface area contributed by atoms with Crippen LogP contribution in [-0.2, 0) is 0 Å². The molecule has 1 nitrogen and oxygen atoms in total. The second-order valence-electron chi connectivity index (χ2n) is 6.06. The lowest BCUT2D eigenvalue weighted by atomic mass is 10.1. The van der Waals surface area contributed by atoms with Crippen molar-refractivity contribution in [2.75, 3.05) is 13.1 Å². The van der Waals surface area contributed by atoms with Gasteiger partial charge in [0.05, 0.1) is 13.1 Å². The molecule has 1 rings (SSSR count). The third-order valence-corrected chi connectivity index (χ3v) is 4.23. The Morgan fingerprint density at radius 3 is 1.53 bits per heavy atom. The van der Waals surface area contributed by atoms with E-state index in [1.54, 1.807) is 0 Å². The van der Waals surface area contributed by atoms with Crippen LogP contribution >= 0.6 is 0 Å². The average Bonchev–Trinajstić information content (AvgIpc) is 2.88. The van der Waals surface area contributed by atoms with Crippen LogP contribution in [0.4, 0.5) is 0 Å². The van der Waals surface area contributed by atoms with Crippen molar-refractivity contribution in [1.82, 2.24) is 0 Å². The summed E-state index contributed by atoms with van der Waals surface area (Å²) in [7, 11) is 0. The van der Waals surface area contributed by atoms with Crippen molar-refractivity contribution < 1.29 is 4.48 Å². The maximum atomic E-state index is 2.40. The maximum absolute atomic E-state index is 2.40. The van der Waals surface area contributed by atoms with Gasteiger partial charge in [-0.05, 0) is 37.8 Å². The number of nitrogens with zero attached hydrogens (tertiary/aromatic N) is 1. The number of rotatable bonds is 12. The average molecular weight is 264 g/mol. The molecule has 19 heavy (non-hydrogen) atoms. The van der Waals surface area contributed by atoms with E-state index in [-0.39, 0.29) is 0 Å². The van der Waals surface area contributed by atoms with E-state index in [9.17, 15) is 0 Å². The minimum atomic E-state index is 1.12. The normalized spacial score (nSPS) is 16.3. The van der Waals surface area contributed by atoms with Crippen molar-refractivity contribution in [3.8, 4) is 0 Å². The molecule has 0 saturated carbocycles. The van der Waals surface area contributed by atoms with Crippen LogP contribution in [0.15, 0.2) is 24.6 Å². The van der Waals surface area contributed by atoms with Gasteiger partial charge in [-0.15, -0.1) is 0 Å². The summed E-state index contributed by atoms with van der Waals surface area (Å²) >= 11 is 0. The van der Waals surface area contributed by atoms with Crippen molar-refractivity contribution in [2.45, 2.75) is 78.1 Å². The molecule has 0 amide bonds. The molecular weight excluding hydrogens is 230 g/mol. The SMILES string of the molecule is CCCCCCCC[N+]1(CCCCCC)C=CC=C1. The minimum Gasteiger partial charge on any atom is -0.271 e. The van der Waals surface area contributed by atoms with Gasteiger partial charge in [-0.3, -0.25) is 4.48 Å². The van der Waals surface area contributed by atoms with E-state index in [0.717, 1.165) is 4.48 Å². The zero-order valence-corrected chi connectivity index (χ0v) is 13.2. The van der Waals surface area contributed by atoms with E-state index in [4.69, 9.17) is 0 Å². The largest absolute Gasteiger partial charge is 0.271 e. The lowest BCUT2D eigenvalue weighted by Gasteiger charge is -2.29. The maximum Gasteiger partial charge on any atom is 0.101 e. The molecule has 0 N–H and O–H groups in total. The van der Waals surface area contributed by atoms with Gasteiger partial charge in [0.1, 0.15) is 12.4 Å². The molecule has 0 bridgehead atoms. The number of hydrogen-bond donors (Lipinski definition) is 0. The molecule has 110 valence electrons. The summed E-state index contributed by atoms with van der Waals surface area (Å²) in [5.74, 6) is 0. The molecule has 1 heteroatoms. The summed E-state index contributed by atoms with van der Waals surface area (Å²) < 4.78 is 1.12. The molecule has 1 heterocycles.